The predicted molar refractivity (Wildman–Crippen MR) is 124 cm³/mol. The van der Waals surface area contributed by atoms with Crippen LogP contribution in [-0.4, -0.2) is 53.2 Å². The number of benzene rings is 1. The minimum Gasteiger partial charge on any atom is -0.348 e. The van der Waals surface area contributed by atoms with Crippen LogP contribution in [0.2, 0.25) is 0 Å². The zero-order chi connectivity index (χ0) is 24.0. The van der Waals surface area contributed by atoms with Crippen molar-refractivity contribution in [3.63, 3.8) is 0 Å². The number of hydrogen-bond acceptors (Lipinski definition) is 7. The molecule has 0 radical (unpaired) electrons. The molecule has 0 saturated carbocycles. The lowest BCUT2D eigenvalue weighted by Gasteiger charge is -2.34. The van der Waals surface area contributed by atoms with Crippen LogP contribution in [0.1, 0.15) is 26.3 Å². The van der Waals surface area contributed by atoms with Crippen LogP contribution in [0.15, 0.2) is 58.4 Å². The van der Waals surface area contributed by atoms with Gasteiger partial charge in [-0.25, -0.2) is 13.4 Å². The highest BCUT2D eigenvalue weighted by Crippen LogP contribution is 2.27. The van der Waals surface area contributed by atoms with Gasteiger partial charge < -0.3 is 4.90 Å². The Morgan fingerprint density at radius 3 is 2.21 bits per heavy atom. The van der Waals surface area contributed by atoms with E-state index < -0.39 is 26.2 Å². The van der Waals surface area contributed by atoms with E-state index in [-0.39, 0.29) is 48.0 Å². The molecule has 174 valence electrons. The molecule has 0 unspecified atom stereocenters. The maximum atomic E-state index is 13.1. The van der Waals surface area contributed by atoms with Gasteiger partial charge in [0.05, 0.1) is 9.82 Å². The summed E-state index contributed by atoms with van der Waals surface area (Å²) in [5.41, 5.74) is -0.152. The van der Waals surface area contributed by atoms with Gasteiger partial charge in [0.2, 0.25) is 15.8 Å². The van der Waals surface area contributed by atoms with Gasteiger partial charge in [0.1, 0.15) is 5.65 Å². The fourth-order valence-corrected chi connectivity index (χ4v) is 5.29. The van der Waals surface area contributed by atoms with Gasteiger partial charge in [-0.15, -0.1) is 0 Å². The zero-order valence-electron chi connectivity index (χ0n) is 18.6. The molecular formula is C22H25N5O5S. The van der Waals surface area contributed by atoms with E-state index in [9.17, 15) is 23.3 Å². The molecule has 3 heterocycles. The summed E-state index contributed by atoms with van der Waals surface area (Å²) in [4.78, 5) is 29.8. The van der Waals surface area contributed by atoms with Gasteiger partial charge in [0.15, 0.2) is 0 Å². The third kappa shape index (κ3) is 4.21. The minimum absolute atomic E-state index is 0.0391. The minimum atomic E-state index is -3.71. The topological polar surface area (TPSA) is 118 Å². The Morgan fingerprint density at radius 1 is 1.00 bits per heavy atom. The summed E-state index contributed by atoms with van der Waals surface area (Å²) >= 11 is 0. The second-order valence-electron chi connectivity index (χ2n) is 8.94. The number of fused-ring (bicyclic) bond motifs is 1. The average Bonchev–Trinajstić information content (AvgIpc) is 2.78. The number of nitrogens with zero attached hydrogens (tertiary/aromatic N) is 5. The third-order valence-electron chi connectivity index (χ3n) is 5.77. The van der Waals surface area contributed by atoms with Crippen LogP contribution in [0.25, 0.3) is 5.65 Å². The van der Waals surface area contributed by atoms with E-state index in [4.69, 9.17) is 0 Å². The number of aromatic nitrogens is 2. The van der Waals surface area contributed by atoms with Gasteiger partial charge in [0, 0.05) is 32.4 Å². The lowest BCUT2D eigenvalue weighted by Crippen LogP contribution is -2.49. The molecule has 1 aromatic carbocycles. The van der Waals surface area contributed by atoms with Crippen molar-refractivity contribution in [2.75, 3.05) is 31.1 Å². The summed E-state index contributed by atoms with van der Waals surface area (Å²) < 4.78 is 28.7. The first-order valence-corrected chi connectivity index (χ1v) is 12.0. The molecule has 3 aromatic rings. The van der Waals surface area contributed by atoms with Gasteiger partial charge in [0.25, 0.3) is 0 Å². The van der Waals surface area contributed by atoms with E-state index in [1.165, 1.54) is 10.5 Å². The molecule has 0 spiro atoms. The zero-order valence-corrected chi connectivity index (χ0v) is 19.4. The molecule has 1 aliphatic heterocycles. The highest BCUT2D eigenvalue weighted by Gasteiger charge is 2.33. The van der Waals surface area contributed by atoms with Crippen LogP contribution in [0.4, 0.5) is 11.5 Å². The fraction of sp³-hybridized carbons (Fsp3) is 0.364. The standard InChI is InChI=1S/C22H25N5O5S/c1-22(2,3)16-7-9-17(10-8-16)33(31,32)25-14-12-24(13-15-25)20-19(27(29)30)21(28)26-11-5-4-6-18(26)23-20/h4-11H,12-15H2,1-3H3. The van der Waals surface area contributed by atoms with Crippen molar-refractivity contribution in [2.45, 2.75) is 31.1 Å². The second kappa shape index (κ2) is 8.23. The number of pyridine rings is 1. The molecular weight excluding hydrogens is 446 g/mol. The smallest absolute Gasteiger partial charge is 0.348 e. The van der Waals surface area contributed by atoms with Crippen LogP contribution >= 0.6 is 0 Å². The maximum Gasteiger partial charge on any atom is 0.376 e. The quantitative estimate of drug-likeness (QED) is 0.423. The van der Waals surface area contributed by atoms with Crippen molar-refractivity contribution >= 4 is 27.2 Å². The van der Waals surface area contributed by atoms with E-state index in [0.717, 1.165) is 9.96 Å². The molecule has 33 heavy (non-hydrogen) atoms. The first-order valence-electron chi connectivity index (χ1n) is 10.5. The molecule has 4 rings (SSSR count). The number of rotatable bonds is 4. The van der Waals surface area contributed by atoms with Gasteiger partial charge in [-0.1, -0.05) is 39.0 Å². The Bertz CT molecular complexity index is 1370. The maximum absolute atomic E-state index is 13.1. The van der Waals surface area contributed by atoms with Crippen molar-refractivity contribution in [3.8, 4) is 0 Å². The monoisotopic (exact) mass is 471 g/mol. The molecule has 1 fully saturated rings. The van der Waals surface area contributed by atoms with Crippen molar-refractivity contribution in [2.24, 2.45) is 0 Å². The molecule has 0 aliphatic carbocycles. The lowest BCUT2D eigenvalue weighted by atomic mass is 9.87. The molecule has 11 heteroatoms. The summed E-state index contributed by atoms with van der Waals surface area (Å²) in [6.07, 6.45) is 1.43. The van der Waals surface area contributed by atoms with Crippen molar-refractivity contribution < 1.29 is 13.3 Å². The van der Waals surface area contributed by atoms with Gasteiger partial charge in [-0.05, 0) is 35.2 Å². The molecule has 0 N–H and O–H groups in total. The molecule has 1 saturated heterocycles. The SMILES string of the molecule is CC(C)(C)c1ccc(S(=O)(=O)N2CCN(c3nc4ccccn4c(=O)c3[N+](=O)[O-])CC2)cc1. The molecule has 0 atom stereocenters. The molecule has 0 amide bonds. The second-order valence-corrected chi connectivity index (χ2v) is 10.9. The van der Waals surface area contributed by atoms with Crippen LogP contribution in [0, 0.1) is 10.1 Å². The molecule has 10 nitrogen and oxygen atoms in total. The number of sulfonamides is 1. The van der Waals surface area contributed by atoms with E-state index in [1.54, 1.807) is 35.2 Å². The Hall–Kier alpha value is -3.31. The first kappa shape index (κ1) is 22.9. The van der Waals surface area contributed by atoms with E-state index >= 15 is 0 Å². The summed E-state index contributed by atoms with van der Waals surface area (Å²) in [6.45, 7) is 6.77. The molecule has 2 aromatic heterocycles. The highest BCUT2D eigenvalue weighted by molar-refractivity contribution is 7.89. The number of piperazine rings is 1. The van der Waals surface area contributed by atoms with Crippen molar-refractivity contribution in [1.29, 1.82) is 0 Å². The Labute approximate surface area is 191 Å². The fourth-order valence-electron chi connectivity index (χ4n) is 3.86. The highest BCUT2D eigenvalue weighted by atomic mass is 32.2. The average molecular weight is 472 g/mol. The lowest BCUT2D eigenvalue weighted by molar-refractivity contribution is -0.385. The van der Waals surface area contributed by atoms with Crippen LogP contribution in [0.3, 0.4) is 0 Å². The Balaban J connectivity index is 1.59. The number of anilines is 1. The third-order valence-corrected chi connectivity index (χ3v) is 7.68. The Kier molecular flexibility index (Phi) is 5.71. The largest absolute Gasteiger partial charge is 0.376 e. The first-order chi connectivity index (χ1) is 15.5. The van der Waals surface area contributed by atoms with Crippen LogP contribution in [0.5, 0.6) is 0 Å². The van der Waals surface area contributed by atoms with E-state index in [1.807, 2.05) is 12.1 Å². The van der Waals surface area contributed by atoms with Gasteiger partial charge >= 0.3 is 11.2 Å². The summed E-state index contributed by atoms with van der Waals surface area (Å²) in [5.74, 6) is -0.0391. The number of hydrogen-bond donors (Lipinski definition) is 0. The molecule has 1 aliphatic rings. The van der Waals surface area contributed by atoms with Crippen LogP contribution < -0.4 is 10.5 Å². The summed E-state index contributed by atoms with van der Waals surface area (Å²) in [7, 11) is -3.71. The van der Waals surface area contributed by atoms with E-state index in [2.05, 4.69) is 25.8 Å². The molecule has 0 bridgehead atoms. The normalized spacial score (nSPS) is 15.7. The summed E-state index contributed by atoms with van der Waals surface area (Å²) in [6, 6.07) is 11.7. The predicted octanol–water partition coefficient (Wildman–Crippen LogP) is 2.41. The van der Waals surface area contributed by atoms with Gasteiger partial charge in [-0.2, -0.15) is 4.31 Å². The Morgan fingerprint density at radius 2 is 1.64 bits per heavy atom. The number of nitro groups is 1. The van der Waals surface area contributed by atoms with Gasteiger partial charge in [-0.3, -0.25) is 19.3 Å². The van der Waals surface area contributed by atoms with Crippen molar-refractivity contribution in [3.05, 3.63) is 74.7 Å². The van der Waals surface area contributed by atoms with E-state index in [0.29, 0.717) is 0 Å². The summed E-state index contributed by atoms with van der Waals surface area (Å²) in [5, 5.41) is 11.7. The van der Waals surface area contributed by atoms with Crippen LogP contribution in [-0.2, 0) is 15.4 Å². The van der Waals surface area contributed by atoms with Crippen molar-refractivity contribution in [1.82, 2.24) is 13.7 Å².